The number of thioether (sulfide) groups is 1. The van der Waals surface area contributed by atoms with Crippen LogP contribution in [0, 0.1) is 5.92 Å². The van der Waals surface area contributed by atoms with Gasteiger partial charge in [-0.15, -0.1) is 0 Å². The minimum absolute atomic E-state index is 0.120. The average Bonchev–Trinajstić information content (AvgIpc) is 3.20. The molecule has 0 unspecified atom stereocenters. The first-order valence-electron chi connectivity index (χ1n) is 10.2. The summed E-state index contributed by atoms with van der Waals surface area (Å²) in [5.41, 5.74) is 1.26. The second-order valence-electron chi connectivity index (χ2n) is 7.47. The van der Waals surface area contributed by atoms with Gasteiger partial charge in [0, 0.05) is 6.42 Å². The van der Waals surface area contributed by atoms with Crippen molar-refractivity contribution in [3.05, 3.63) is 70.6 Å². The Morgan fingerprint density at radius 3 is 2.61 bits per heavy atom. The van der Waals surface area contributed by atoms with Crippen molar-refractivity contribution >= 4 is 22.7 Å². The van der Waals surface area contributed by atoms with Crippen molar-refractivity contribution < 1.29 is 9.26 Å². The fourth-order valence-electron chi connectivity index (χ4n) is 3.20. The van der Waals surface area contributed by atoms with Gasteiger partial charge in [-0.2, -0.15) is 4.98 Å². The minimum atomic E-state index is -0.120. The highest BCUT2D eigenvalue weighted by Gasteiger charge is 2.15. The Labute approximate surface area is 184 Å². The fourth-order valence-corrected chi connectivity index (χ4v) is 4.06. The molecule has 4 rings (SSSR count). The summed E-state index contributed by atoms with van der Waals surface area (Å²) in [4.78, 5) is 22.5. The Morgan fingerprint density at radius 2 is 1.87 bits per heavy atom. The predicted molar refractivity (Wildman–Crippen MR) is 121 cm³/mol. The third-order valence-corrected chi connectivity index (χ3v) is 5.51. The van der Waals surface area contributed by atoms with Crippen LogP contribution in [0.4, 0.5) is 0 Å². The van der Waals surface area contributed by atoms with Gasteiger partial charge in [0.25, 0.3) is 5.56 Å². The summed E-state index contributed by atoms with van der Waals surface area (Å²) in [5.74, 6) is 2.85. The first-order chi connectivity index (χ1) is 15.0. The quantitative estimate of drug-likeness (QED) is 0.293. The van der Waals surface area contributed by atoms with Crippen LogP contribution in [0.2, 0.25) is 0 Å². The van der Waals surface area contributed by atoms with E-state index in [1.165, 1.54) is 11.8 Å². The van der Waals surface area contributed by atoms with Crippen LogP contribution in [0.25, 0.3) is 16.6 Å². The largest absolute Gasteiger partial charge is 0.494 e. The number of benzene rings is 2. The highest BCUT2D eigenvalue weighted by Crippen LogP contribution is 2.25. The monoisotopic (exact) mass is 436 g/mol. The molecule has 0 amide bonds. The molecule has 0 fully saturated rings. The Kier molecular flexibility index (Phi) is 6.36. The van der Waals surface area contributed by atoms with Crippen molar-refractivity contribution in [3.8, 4) is 11.4 Å². The van der Waals surface area contributed by atoms with Crippen LogP contribution >= 0.6 is 11.8 Å². The summed E-state index contributed by atoms with van der Waals surface area (Å²) >= 11 is 1.41. The zero-order chi connectivity index (χ0) is 21.8. The standard InChI is InChI=1S/C23H24N4O3S/c1-4-29-17-11-9-16(10-12-17)27-22(28)18-7-5-6-8-19(18)24-23(27)31-14-20-25-21(30-26-20)13-15(2)3/h5-12,15H,4,13-14H2,1-3H3. The van der Waals surface area contributed by atoms with E-state index in [9.17, 15) is 4.79 Å². The van der Waals surface area contributed by atoms with Gasteiger partial charge in [-0.3, -0.25) is 9.36 Å². The van der Waals surface area contributed by atoms with Crippen LogP contribution in [-0.2, 0) is 12.2 Å². The van der Waals surface area contributed by atoms with Gasteiger partial charge >= 0.3 is 0 Å². The second-order valence-corrected chi connectivity index (χ2v) is 8.41. The van der Waals surface area contributed by atoms with E-state index in [4.69, 9.17) is 14.2 Å². The lowest BCUT2D eigenvalue weighted by Crippen LogP contribution is -2.21. The Balaban J connectivity index is 1.70. The third-order valence-electron chi connectivity index (χ3n) is 4.57. The SMILES string of the molecule is CCOc1ccc(-n2c(SCc3noc(CC(C)C)n3)nc3ccccc3c2=O)cc1. The molecular weight excluding hydrogens is 412 g/mol. The van der Waals surface area contributed by atoms with Crippen LogP contribution in [0.1, 0.15) is 32.5 Å². The van der Waals surface area contributed by atoms with E-state index >= 15 is 0 Å². The predicted octanol–water partition coefficient (Wildman–Crippen LogP) is 4.66. The summed E-state index contributed by atoms with van der Waals surface area (Å²) in [6.07, 6.45) is 0.739. The Hall–Kier alpha value is -3.13. The normalized spacial score (nSPS) is 11.4. The number of aromatic nitrogens is 4. The summed E-state index contributed by atoms with van der Waals surface area (Å²) in [5, 5.41) is 5.21. The van der Waals surface area contributed by atoms with Crippen LogP contribution in [0.3, 0.4) is 0 Å². The number of hydrogen-bond donors (Lipinski definition) is 0. The van der Waals surface area contributed by atoms with Crippen LogP contribution < -0.4 is 10.3 Å². The van der Waals surface area contributed by atoms with Crippen molar-refractivity contribution in [1.29, 1.82) is 0 Å². The maximum atomic E-state index is 13.3. The average molecular weight is 437 g/mol. The van der Waals surface area contributed by atoms with E-state index < -0.39 is 0 Å². The van der Waals surface area contributed by atoms with E-state index in [2.05, 4.69) is 24.0 Å². The molecule has 2 aromatic heterocycles. The molecule has 0 N–H and O–H groups in total. The summed E-state index contributed by atoms with van der Waals surface area (Å²) in [6, 6.07) is 14.8. The molecule has 0 atom stereocenters. The summed E-state index contributed by atoms with van der Waals surface area (Å²) < 4.78 is 12.5. The number of fused-ring (bicyclic) bond motifs is 1. The van der Waals surface area contributed by atoms with Gasteiger partial charge in [0.15, 0.2) is 11.0 Å². The lowest BCUT2D eigenvalue weighted by molar-refractivity contribution is 0.340. The van der Waals surface area contributed by atoms with Gasteiger partial charge in [0.1, 0.15) is 5.75 Å². The van der Waals surface area contributed by atoms with Crippen molar-refractivity contribution in [3.63, 3.8) is 0 Å². The second kappa shape index (κ2) is 9.34. The molecule has 0 saturated heterocycles. The van der Waals surface area contributed by atoms with Gasteiger partial charge < -0.3 is 9.26 Å². The van der Waals surface area contributed by atoms with Crippen molar-refractivity contribution in [1.82, 2.24) is 19.7 Å². The van der Waals surface area contributed by atoms with Crippen LogP contribution in [0.15, 0.2) is 63.0 Å². The fraction of sp³-hybridized carbons (Fsp3) is 0.304. The first-order valence-corrected chi connectivity index (χ1v) is 11.2. The topological polar surface area (TPSA) is 83.0 Å². The van der Waals surface area contributed by atoms with Crippen molar-refractivity contribution in [2.45, 2.75) is 38.1 Å². The van der Waals surface area contributed by atoms with Crippen molar-refractivity contribution in [2.75, 3.05) is 6.61 Å². The maximum Gasteiger partial charge on any atom is 0.266 e. The lowest BCUT2D eigenvalue weighted by Gasteiger charge is -2.13. The lowest BCUT2D eigenvalue weighted by atomic mass is 10.1. The van der Waals surface area contributed by atoms with Gasteiger partial charge in [0.2, 0.25) is 5.89 Å². The molecule has 7 nitrogen and oxygen atoms in total. The third kappa shape index (κ3) is 4.80. The highest BCUT2D eigenvalue weighted by atomic mass is 32.2. The maximum absolute atomic E-state index is 13.3. The minimum Gasteiger partial charge on any atom is -0.494 e. The van der Waals surface area contributed by atoms with Gasteiger partial charge in [-0.1, -0.05) is 42.9 Å². The number of hydrogen-bond acceptors (Lipinski definition) is 7. The zero-order valence-electron chi connectivity index (χ0n) is 17.7. The molecule has 2 heterocycles. The molecule has 0 spiro atoms. The number of nitrogens with zero attached hydrogens (tertiary/aromatic N) is 4. The van der Waals surface area contributed by atoms with E-state index in [1.807, 2.05) is 49.4 Å². The molecule has 0 aliphatic carbocycles. The molecule has 0 radical (unpaired) electrons. The van der Waals surface area contributed by atoms with Gasteiger partial charge in [-0.05, 0) is 49.2 Å². The van der Waals surface area contributed by atoms with E-state index in [-0.39, 0.29) is 5.56 Å². The zero-order valence-corrected chi connectivity index (χ0v) is 18.6. The number of ether oxygens (including phenoxy) is 1. The van der Waals surface area contributed by atoms with E-state index in [1.54, 1.807) is 10.6 Å². The molecule has 160 valence electrons. The molecule has 2 aromatic carbocycles. The van der Waals surface area contributed by atoms with Crippen molar-refractivity contribution in [2.24, 2.45) is 5.92 Å². The highest BCUT2D eigenvalue weighted by molar-refractivity contribution is 7.98. The van der Waals surface area contributed by atoms with E-state index in [0.717, 1.165) is 17.9 Å². The number of rotatable bonds is 8. The summed E-state index contributed by atoms with van der Waals surface area (Å²) in [7, 11) is 0. The molecule has 0 aliphatic rings. The molecule has 0 bridgehead atoms. The molecule has 31 heavy (non-hydrogen) atoms. The Bertz CT molecular complexity index is 1230. The van der Waals surface area contributed by atoms with Crippen LogP contribution in [-0.4, -0.2) is 26.3 Å². The van der Waals surface area contributed by atoms with Gasteiger partial charge in [-0.25, -0.2) is 4.98 Å². The Morgan fingerprint density at radius 1 is 1.10 bits per heavy atom. The smallest absolute Gasteiger partial charge is 0.266 e. The molecular formula is C23H24N4O3S. The summed E-state index contributed by atoms with van der Waals surface area (Å²) in [6.45, 7) is 6.73. The molecule has 0 aliphatic heterocycles. The molecule has 4 aromatic rings. The van der Waals surface area contributed by atoms with Gasteiger partial charge in [0.05, 0.1) is 29.0 Å². The molecule has 8 heteroatoms. The number of para-hydroxylation sites is 1. The van der Waals surface area contributed by atoms with Crippen LogP contribution in [0.5, 0.6) is 5.75 Å². The first kappa shape index (κ1) is 21.1. The molecule has 0 saturated carbocycles. The van der Waals surface area contributed by atoms with E-state index in [0.29, 0.717) is 46.1 Å².